The number of hydrogen-bond donors (Lipinski definition) is 1. The van der Waals surface area contributed by atoms with Gasteiger partial charge in [-0.3, -0.25) is 4.79 Å². The van der Waals surface area contributed by atoms with Crippen LogP contribution in [0.4, 0.5) is 0 Å². The van der Waals surface area contributed by atoms with E-state index in [-0.39, 0.29) is 5.91 Å². The van der Waals surface area contributed by atoms with Crippen molar-refractivity contribution in [2.45, 2.75) is 44.4 Å². The number of aryl methyl sites for hydroxylation is 1. The van der Waals surface area contributed by atoms with Crippen molar-refractivity contribution in [1.29, 1.82) is 0 Å². The first kappa shape index (κ1) is 13.5. The second kappa shape index (κ2) is 6.35. The number of nitrogens with zero attached hydrogens (tertiary/aromatic N) is 3. The molecule has 1 aliphatic heterocycles. The van der Waals surface area contributed by atoms with Crippen molar-refractivity contribution in [1.82, 2.24) is 20.4 Å². The number of carbonyl (C=O) groups excluding carboxylic acids is 1. The predicted octanol–water partition coefficient (Wildman–Crippen LogP) is 1.09. The van der Waals surface area contributed by atoms with E-state index in [1.54, 1.807) is 0 Å². The Kier molecular flexibility index (Phi) is 4.30. The highest BCUT2D eigenvalue weighted by Crippen LogP contribution is 2.32. The Morgan fingerprint density at radius 2 is 2.05 bits per heavy atom. The number of hydrogen-bond acceptors (Lipinski definition) is 5. The first-order valence-electron chi connectivity index (χ1n) is 7.64. The molecule has 6 nitrogen and oxygen atoms in total. The highest BCUT2D eigenvalue weighted by atomic mass is 16.5. The quantitative estimate of drug-likeness (QED) is 0.892. The first-order chi connectivity index (χ1) is 9.83. The molecule has 0 bridgehead atoms. The van der Waals surface area contributed by atoms with Crippen molar-refractivity contribution in [3.05, 3.63) is 11.7 Å². The number of rotatable bonds is 4. The standard InChI is InChI=1S/C14H22N4O2/c19-13(18-9-7-15-8-10-18)6-5-12-16-14(17-20-12)11-3-1-2-4-11/h11,15H,1-10H2. The van der Waals surface area contributed by atoms with Gasteiger partial charge in [-0.25, -0.2) is 0 Å². The van der Waals surface area contributed by atoms with Crippen LogP contribution in [0.2, 0.25) is 0 Å². The highest BCUT2D eigenvalue weighted by Gasteiger charge is 2.23. The van der Waals surface area contributed by atoms with Gasteiger partial charge < -0.3 is 14.7 Å². The first-order valence-corrected chi connectivity index (χ1v) is 7.64. The molecular formula is C14H22N4O2. The number of carbonyl (C=O) groups is 1. The normalized spacial score (nSPS) is 20.5. The van der Waals surface area contributed by atoms with Gasteiger partial charge >= 0.3 is 0 Å². The summed E-state index contributed by atoms with van der Waals surface area (Å²) in [5, 5.41) is 7.31. The van der Waals surface area contributed by atoms with E-state index in [0.717, 1.165) is 32.0 Å². The lowest BCUT2D eigenvalue weighted by molar-refractivity contribution is -0.131. The van der Waals surface area contributed by atoms with Gasteiger partial charge in [0.25, 0.3) is 0 Å². The fourth-order valence-electron chi connectivity index (χ4n) is 3.01. The van der Waals surface area contributed by atoms with Crippen LogP contribution in [-0.4, -0.2) is 47.1 Å². The summed E-state index contributed by atoms with van der Waals surface area (Å²) in [6.45, 7) is 3.38. The Morgan fingerprint density at radius 1 is 1.30 bits per heavy atom. The Balaban J connectivity index is 1.49. The minimum absolute atomic E-state index is 0.187. The molecule has 0 radical (unpaired) electrons. The summed E-state index contributed by atoms with van der Waals surface area (Å²) in [6, 6.07) is 0. The van der Waals surface area contributed by atoms with E-state index in [2.05, 4.69) is 15.5 Å². The van der Waals surface area contributed by atoms with Gasteiger partial charge in [-0.15, -0.1) is 0 Å². The summed E-state index contributed by atoms with van der Waals surface area (Å²) in [7, 11) is 0. The molecular weight excluding hydrogens is 256 g/mol. The van der Waals surface area contributed by atoms with Crippen molar-refractivity contribution in [2.75, 3.05) is 26.2 Å². The van der Waals surface area contributed by atoms with E-state index in [1.807, 2.05) is 4.90 Å². The van der Waals surface area contributed by atoms with Gasteiger partial charge in [-0.2, -0.15) is 4.98 Å². The molecule has 0 spiro atoms. The maximum atomic E-state index is 12.0. The average molecular weight is 278 g/mol. The molecule has 0 atom stereocenters. The molecule has 2 heterocycles. The summed E-state index contributed by atoms with van der Waals surface area (Å²) in [4.78, 5) is 18.4. The summed E-state index contributed by atoms with van der Waals surface area (Å²) >= 11 is 0. The monoisotopic (exact) mass is 278 g/mol. The smallest absolute Gasteiger partial charge is 0.227 e. The lowest BCUT2D eigenvalue weighted by atomic mass is 10.1. The molecule has 1 aliphatic carbocycles. The van der Waals surface area contributed by atoms with Gasteiger partial charge in [0.05, 0.1) is 0 Å². The van der Waals surface area contributed by atoms with Gasteiger partial charge in [0.15, 0.2) is 5.82 Å². The van der Waals surface area contributed by atoms with Gasteiger partial charge in [0.1, 0.15) is 0 Å². The maximum Gasteiger partial charge on any atom is 0.227 e. The third kappa shape index (κ3) is 3.17. The van der Waals surface area contributed by atoms with Crippen molar-refractivity contribution < 1.29 is 9.32 Å². The third-order valence-electron chi connectivity index (χ3n) is 4.23. The van der Waals surface area contributed by atoms with Crippen LogP contribution in [0.3, 0.4) is 0 Å². The van der Waals surface area contributed by atoms with Crippen LogP contribution in [0.1, 0.15) is 49.7 Å². The molecule has 6 heteroatoms. The van der Waals surface area contributed by atoms with Crippen LogP contribution in [-0.2, 0) is 11.2 Å². The summed E-state index contributed by atoms with van der Waals surface area (Å²) < 4.78 is 5.27. The molecule has 110 valence electrons. The van der Waals surface area contributed by atoms with E-state index in [4.69, 9.17) is 4.52 Å². The van der Waals surface area contributed by atoms with E-state index in [9.17, 15) is 4.79 Å². The molecule has 1 aromatic rings. The second-order valence-electron chi connectivity index (χ2n) is 5.66. The van der Waals surface area contributed by atoms with Crippen molar-refractivity contribution in [3.63, 3.8) is 0 Å². The number of piperazine rings is 1. The second-order valence-corrected chi connectivity index (χ2v) is 5.66. The summed E-state index contributed by atoms with van der Waals surface area (Å²) in [5.41, 5.74) is 0. The fraction of sp³-hybridized carbons (Fsp3) is 0.786. The van der Waals surface area contributed by atoms with Crippen LogP contribution >= 0.6 is 0 Å². The van der Waals surface area contributed by atoms with Crippen LogP contribution in [0.15, 0.2) is 4.52 Å². The number of aromatic nitrogens is 2. The van der Waals surface area contributed by atoms with Gasteiger partial charge in [-0.05, 0) is 12.8 Å². The van der Waals surface area contributed by atoms with E-state index in [1.165, 1.54) is 25.7 Å². The van der Waals surface area contributed by atoms with E-state index < -0.39 is 0 Å². The Morgan fingerprint density at radius 3 is 2.80 bits per heavy atom. The molecule has 1 aromatic heterocycles. The van der Waals surface area contributed by atoms with E-state index >= 15 is 0 Å². The van der Waals surface area contributed by atoms with Crippen molar-refractivity contribution >= 4 is 5.91 Å². The predicted molar refractivity (Wildman–Crippen MR) is 73.3 cm³/mol. The minimum Gasteiger partial charge on any atom is -0.340 e. The topological polar surface area (TPSA) is 71.3 Å². The maximum absolute atomic E-state index is 12.0. The zero-order valence-corrected chi connectivity index (χ0v) is 11.8. The molecule has 3 rings (SSSR count). The molecule has 1 saturated heterocycles. The molecule has 20 heavy (non-hydrogen) atoms. The lowest BCUT2D eigenvalue weighted by Crippen LogP contribution is -2.46. The fourth-order valence-corrected chi connectivity index (χ4v) is 3.01. The lowest BCUT2D eigenvalue weighted by Gasteiger charge is -2.27. The van der Waals surface area contributed by atoms with E-state index in [0.29, 0.717) is 24.7 Å². The van der Waals surface area contributed by atoms with Crippen LogP contribution in [0.25, 0.3) is 0 Å². The number of nitrogens with one attached hydrogen (secondary N) is 1. The zero-order chi connectivity index (χ0) is 13.8. The molecule has 0 unspecified atom stereocenters. The van der Waals surface area contributed by atoms with Crippen LogP contribution in [0.5, 0.6) is 0 Å². The molecule has 2 aliphatic rings. The van der Waals surface area contributed by atoms with Crippen molar-refractivity contribution in [3.8, 4) is 0 Å². The van der Waals surface area contributed by atoms with Gasteiger partial charge in [0.2, 0.25) is 11.8 Å². The van der Waals surface area contributed by atoms with Crippen LogP contribution < -0.4 is 5.32 Å². The third-order valence-corrected chi connectivity index (χ3v) is 4.23. The van der Waals surface area contributed by atoms with Gasteiger partial charge in [0, 0.05) is 44.9 Å². The Hall–Kier alpha value is -1.43. The summed E-state index contributed by atoms with van der Waals surface area (Å²) in [5.74, 6) is 2.10. The minimum atomic E-state index is 0.187. The van der Waals surface area contributed by atoms with Crippen LogP contribution in [0, 0.1) is 0 Å². The highest BCUT2D eigenvalue weighted by molar-refractivity contribution is 5.76. The number of amides is 1. The van der Waals surface area contributed by atoms with Gasteiger partial charge in [-0.1, -0.05) is 18.0 Å². The molecule has 0 aromatic carbocycles. The molecule has 2 fully saturated rings. The summed E-state index contributed by atoms with van der Waals surface area (Å²) in [6.07, 6.45) is 5.87. The Bertz CT molecular complexity index is 448. The SMILES string of the molecule is O=C(CCc1nc(C2CCCC2)no1)N1CCNCC1. The molecule has 1 saturated carbocycles. The average Bonchev–Trinajstić information content (AvgIpc) is 3.16. The van der Waals surface area contributed by atoms with Crippen molar-refractivity contribution in [2.24, 2.45) is 0 Å². The Labute approximate surface area is 118 Å². The zero-order valence-electron chi connectivity index (χ0n) is 11.8. The molecule has 1 amide bonds. The largest absolute Gasteiger partial charge is 0.340 e. The molecule has 1 N–H and O–H groups in total.